The highest BCUT2D eigenvalue weighted by Crippen LogP contribution is 2.18. The lowest BCUT2D eigenvalue weighted by Crippen LogP contribution is -2.41. The lowest BCUT2D eigenvalue weighted by Gasteiger charge is -2.34. The molecule has 1 aromatic heterocycles. The first-order chi connectivity index (χ1) is 9.61. The van der Waals surface area contributed by atoms with Gasteiger partial charge >= 0.3 is 0 Å². The summed E-state index contributed by atoms with van der Waals surface area (Å²) in [6.07, 6.45) is 2.51. The fraction of sp³-hybridized carbons (Fsp3) is 0.562. The van der Waals surface area contributed by atoms with Gasteiger partial charge in [-0.25, -0.2) is 4.98 Å². The van der Waals surface area contributed by atoms with Crippen LogP contribution in [0.3, 0.4) is 0 Å². The highest BCUT2D eigenvalue weighted by molar-refractivity contribution is 5.75. The number of H-pyrrole nitrogens is 1. The molecule has 0 atom stereocenters. The number of imidazole rings is 1. The molecule has 0 aliphatic carbocycles. The first-order valence-electron chi connectivity index (χ1n) is 7.46. The van der Waals surface area contributed by atoms with E-state index in [-0.39, 0.29) is 0 Å². The molecule has 0 bridgehead atoms. The van der Waals surface area contributed by atoms with Crippen LogP contribution in [0, 0.1) is 6.92 Å². The Hall–Kier alpha value is -1.39. The van der Waals surface area contributed by atoms with Gasteiger partial charge in [0, 0.05) is 6.04 Å². The molecule has 4 nitrogen and oxygen atoms in total. The molecule has 3 rings (SSSR count). The number of rotatable bonds is 3. The summed E-state index contributed by atoms with van der Waals surface area (Å²) < 4.78 is 0. The number of likely N-dealkylation sites (tertiary alicyclic amines) is 1. The van der Waals surface area contributed by atoms with E-state index in [0.717, 1.165) is 23.4 Å². The van der Waals surface area contributed by atoms with Crippen LogP contribution in [-0.4, -0.2) is 53.0 Å². The normalized spacial score (nSPS) is 18.2. The molecule has 0 amide bonds. The number of piperidine rings is 1. The fourth-order valence-electron chi connectivity index (χ4n) is 3.05. The van der Waals surface area contributed by atoms with E-state index in [1.807, 2.05) is 0 Å². The number of nitrogens with zero attached hydrogens (tertiary/aromatic N) is 3. The van der Waals surface area contributed by atoms with Gasteiger partial charge in [0.15, 0.2) is 0 Å². The number of aromatic nitrogens is 2. The first-order valence-corrected chi connectivity index (χ1v) is 7.46. The maximum atomic E-state index is 4.70. The zero-order valence-corrected chi connectivity index (χ0v) is 12.7. The molecule has 0 spiro atoms. The van der Waals surface area contributed by atoms with Crippen molar-refractivity contribution in [3.05, 3.63) is 29.6 Å². The molecule has 1 saturated heterocycles. The van der Waals surface area contributed by atoms with Crippen LogP contribution >= 0.6 is 0 Å². The molecule has 2 aromatic rings. The van der Waals surface area contributed by atoms with Crippen LogP contribution in [0.25, 0.3) is 11.0 Å². The summed E-state index contributed by atoms with van der Waals surface area (Å²) in [6.45, 7) is 5.43. The summed E-state index contributed by atoms with van der Waals surface area (Å²) in [4.78, 5) is 13.0. The van der Waals surface area contributed by atoms with E-state index < -0.39 is 0 Å². The van der Waals surface area contributed by atoms with E-state index in [1.54, 1.807) is 0 Å². The molecule has 1 fully saturated rings. The fourth-order valence-corrected chi connectivity index (χ4v) is 3.05. The molecular formula is C16H24N4. The third-order valence-electron chi connectivity index (χ3n) is 4.40. The number of benzene rings is 1. The summed E-state index contributed by atoms with van der Waals surface area (Å²) in [5, 5.41) is 0. The predicted octanol–water partition coefficient (Wildman–Crippen LogP) is 2.40. The van der Waals surface area contributed by atoms with Crippen LogP contribution in [0.4, 0.5) is 0 Å². The van der Waals surface area contributed by atoms with Crippen molar-refractivity contribution in [1.82, 2.24) is 19.8 Å². The lowest BCUT2D eigenvalue weighted by molar-refractivity contribution is 0.137. The van der Waals surface area contributed by atoms with E-state index in [0.29, 0.717) is 6.04 Å². The summed E-state index contributed by atoms with van der Waals surface area (Å²) >= 11 is 0. The standard InChI is InChI=1S/C16H24N4/c1-12-4-5-14-15(10-12)18-16(17-14)11-20(3)13-6-8-19(2)9-7-13/h4-5,10,13H,6-9,11H2,1-3H3,(H,17,18). The quantitative estimate of drug-likeness (QED) is 0.932. The van der Waals surface area contributed by atoms with Gasteiger partial charge in [-0.3, -0.25) is 4.90 Å². The van der Waals surface area contributed by atoms with Gasteiger partial charge in [0.05, 0.1) is 17.6 Å². The largest absolute Gasteiger partial charge is 0.341 e. The van der Waals surface area contributed by atoms with Gasteiger partial charge in [-0.15, -0.1) is 0 Å². The Morgan fingerprint density at radius 2 is 2.10 bits per heavy atom. The number of hydrogen-bond acceptors (Lipinski definition) is 3. The van der Waals surface area contributed by atoms with E-state index in [1.165, 1.54) is 31.5 Å². The van der Waals surface area contributed by atoms with Crippen molar-refractivity contribution < 1.29 is 0 Å². The van der Waals surface area contributed by atoms with Gasteiger partial charge < -0.3 is 9.88 Å². The smallest absolute Gasteiger partial charge is 0.121 e. The van der Waals surface area contributed by atoms with Crippen LogP contribution < -0.4 is 0 Å². The molecule has 0 radical (unpaired) electrons. The van der Waals surface area contributed by atoms with Crippen molar-refractivity contribution in [3.8, 4) is 0 Å². The minimum absolute atomic E-state index is 0.682. The Morgan fingerprint density at radius 1 is 1.35 bits per heavy atom. The monoisotopic (exact) mass is 272 g/mol. The number of nitrogens with one attached hydrogen (secondary N) is 1. The summed E-state index contributed by atoms with van der Waals surface area (Å²) in [7, 11) is 4.42. The zero-order chi connectivity index (χ0) is 14.1. The Balaban J connectivity index is 1.69. The van der Waals surface area contributed by atoms with Crippen LogP contribution in [0.2, 0.25) is 0 Å². The minimum atomic E-state index is 0.682. The molecule has 108 valence electrons. The molecule has 20 heavy (non-hydrogen) atoms. The van der Waals surface area contributed by atoms with Gasteiger partial charge in [0.25, 0.3) is 0 Å². The lowest BCUT2D eigenvalue weighted by atomic mass is 10.0. The van der Waals surface area contributed by atoms with Gasteiger partial charge in [-0.1, -0.05) is 6.07 Å². The number of hydrogen-bond donors (Lipinski definition) is 1. The molecule has 0 unspecified atom stereocenters. The molecule has 1 aromatic carbocycles. The summed E-state index contributed by atoms with van der Waals surface area (Å²) in [6, 6.07) is 7.07. The summed E-state index contributed by atoms with van der Waals surface area (Å²) in [5.41, 5.74) is 3.50. The number of fused-ring (bicyclic) bond motifs is 1. The maximum Gasteiger partial charge on any atom is 0.121 e. The molecule has 0 saturated carbocycles. The average Bonchev–Trinajstić information content (AvgIpc) is 2.80. The Kier molecular flexibility index (Phi) is 3.76. The molecule has 2 heterocycles. The second kappa shape index (κ2) is 5.54. The van der Waals surface area contributed by atoms with Gasteiger partial charge in [-0.2, -0.15) is 0 Å². The van der Waals surface area contributed by atoms with Gasteiger partial charge in [-0.05, 0) is 64.6 Å². The molecule has 1 N–H and O–H groups in total. The highest BCUT2D eigenvalue weighted by Gasteiger charge is 2.21. The summed E-state index contributed by atoms with van der Waals surface area (Å²) in [5.74, 6) is 1.08. The number of aryl methyl sites for hydroxylation is 1. The zero-order valence-electron chi connectivity index (χ0n) is 12.7. The Bertz CT molecular complexity index is 581. The van der Waals surface area contributed by atoms with Crippen LogP contribution in [0.1, 0.15) is 24.2 Å². The van der Waals surface area contributed by atoms with Crippen molar-refractivity contribution in [2.45, 2.75) is 32.4 Å². The third-order valence-corrected chi connectivity index (χ3v) is 4.40. The van der Waals surface area contributed by atoms with E-state index >= 15 is 0 Å². The topological polar surface area (TPSA) is 35.2 Å². The van der Waals surface area contributed by atoms with Crippen LogP contribution in [0.5, 0.6) is 0 Å². The van der Waals surface area contributed by atoms with Crippen molar-refractivity contribution in [2.75, 3.05) is 27.2 Å². The van der Waals surface area contributed by atoms with Crippen LogP contribution in [-0.2, 0) is 6.54 Å². The van der Waals surface area contributed by atoms with Crippen molar-refractivity contribution in [2.24, 2.45) is 0 Å². The van der Waals surface area contributed by atoms with Crippen molar-refractivity contribution >= 4 is 11.0 Å². The van der Waals surface area contributed by atoms with Crippen LogP contribution in [0.15, 0.2) is 18.2 Å². The van der Waals surface area contributed by atoms with Gasteiger partial charge in [0.2, 0.25) is 0 Å². The first kappa shape index (κ1) is 13.6. The van der Waals surface area contributed by atoms with Crippen molar-refractivity contribution in [1.29, 1.82) is 0 Å². The SMILES string of the molecule is Cc1ccc2nc(CN(C)C3CCN(C)CC3)[nH]c2c1. The van der Waals surface area contributed by atoms with E-state index in [9.17, 15) is 0 Å². The number of aromatic amines is 1. The maximum absolute atomic E-state index is 4.70. The Morgan fingerprint density at radius 3 is 2.85 bits per heavy atom. The Labute approximate surface area is 120 Å². The highest BCUT2D eigenvalue weighted by atomic mass is 15.2. The minimum Gasteiger partial charge on any atom is -0.341 e. The van der Waals surface area contributed by atoms with Crippen molar-refractivity contribution in [3.63, 3.8) is 0 Å². The second-order valence-electron chi connectivity index (χ2n) is 6.15. The third kappa shape index (κ3) is 2.86. The molecule has 4 heteroatoms. The van der Waals surface area contributed by atoms with E-state index in [4.69, 9.17) is 4.98 Å². The predicted molar refractivity (Wildman–Crippen MR) is 82.8 cm³/mol. The molecular weight excluding hydrogens is 248 g/mol. The molecule has 1 aliphatic heterocycles. The molecule has 1 aliphatic rings. The average molecular weight is 272 g/mol. The van der Waals surface area contributed by atoms with Gasteiger partial charge in [0.1, 0.15) is 5.82 Å². The van der Waals surface area contributed by atoms with E-state index in [2.05, 4.69) is 54.0 Å². The second-order valence-corrected chi connectivity index (χ2v) is 6.15.